The van der Waals surface area contributed by atoms with Gasteiger partial charge in [0.15, 0.2) is 11.5 Å². The molecule has 0 saturated carbocycles. The van der Waals surface area contributed by atoms with E-state index < -0.39 is 11.8 Å². The van der Waals surface area contributed by atoms with E-state index in [-0.39, 0.29) is 0 Å². The number of benzene rings is 3. The number of halogens is 2. The highest BCUT2D eigenvalue weighted by molar-refractivity contribution is 9.10. The molecule has 0 fully saturated rings. The van der Waals surface area contributed by atoms with Gasteiger partial charge in [0.2, 0.25) is 0 Å². The molecule has 0 heterocycles. The van der Waals surface area contributed by atoms with E-state index in [2.05, 4.69) is 31.8 Å². The lowest BCUT2D eigenvalue weighted by atomic mass is 10.2. The minimum Gasteiger partial charge on any atom is -0.490 e. The van der Waals surface area contributed by atoms with E-state index in [1.165, 1.54) is 6.21 Å². The zero-order chi connectivity index (χ0) is 24.5. The van der Waals surface area contributed by atoms with Gasteiger partial charge in [0.25, 0.3) is 0 Å². The number of nitrogens with one attached hydrogen (secondary N) is 2. The average molecular weight is 545 g/mol. The first-order chi connectivity index (χ1) is 16.4. The Labute approximate surface area is 211 Å². The van der Waals surface area contributed by atoms with Gasteiger partial charge in [0, 0.05) is 15.2 Å². The number of hydrogen-bond donors (Lipinski definition) is 2. The van der Waals surface area contributed by atoms with Crippen molar-refractivity contribution in [2.75, 3.05) is 11.9 Å². The van der Waals surface area contributed by atoms with Gasteiger partial charge in [0.1, 0.15) is 6.61 Å². The molecule has 0 radical (unpaired) electrons. The van der Waals surface area contributed by atoms with Gasteiger partial charge in [0.05, 0.1) is 12.8 Å². The number of aryl methyl sites for hydroxylation is 1. The molecule has 0 bridgehead atoms. The van der Waals surface area contributed by atoms with Gasteiger partial charge >= 0.3 is 11.8 Å². The van der Waals surface area contributed by atoms with Crippen molar-refractivity contribution < 1.29 is 19.1 Å². The zero-order valence-corrected chi connectivity index (χ0v) is 20.9. The number of nitrogens with zero attached hydrogens (tertiary/aromatic N) is 1. The summed E-state index contributed by atoms with van der Waals surface area (Å²) in [5, 5.41) is 7.07. The van der Waals surface area contributed by atoms with Gasteiger partial charge in [-0.2, -0.15) is 5.10 Å². The molecular formula is C25H23BrClN3O4. The second kappa shape index (κ2) is 12.2. The van der Waals surface area contributed by atoms with E-state index >= 15 is 0 Å². The molecule has 0 aliphatic heterocycles. The number of anilines is 1. The van der Waals surface area contributed by atoms with Crippen molar-refractivity contribution in [3.63, 3.8) is 0 Å². The Morgan fingerprint density at radius 1 is 1.03 bits per heavy atom. The zero-order valence-electron chi connectivity index (χ0n) is 18.6. The minimum atomic E-state index is -0.884. The van der Waals surface area contributed by atoms with Crippen LogP contribution in [0.1, 0.15) is 23.6 Å². The van der Waals surface area contributed by atoms with E-state index in [1.807, 2.05) is 38.1 Å². The lowest BCUT2D eigenvalue weighted by molar-refractivity contribution is -0.136. The van der Waals surface area contributed by atoms with Crippen LogP contribution in [0.3, 0.4) is 0 Å². The van der Waals surface area contributed by atoms with Crippen molar-refractivity contribution >= 4 is 51.2 Å². The van der Waals surface area contributed by atoms with Crippen molar-refractivity contribution in [2.45, 2.75) is 20.5 Å². The van der Waals surface area contributed by atoms with Gasteiger partial charge in [-0.25, -0.2) is 5.43 Å². The van der Waals surface area contributed by atoms with Crippen LogP contribution in [-0.4, -0.2) is 24.6 Å². The summed E-state index contributed by atoms with van der Waals surface area (Å²) < 4.78 is 12.4. The molecule has 9 heteroatoms. The van der Waals surface area contributed by atoms with Gasteiger partial charge in [-0.1, -0.05) is 39.7 Å². The molecule has 3 rings (SSSR count). The van der Waals surface area contributed by atoms with Crippen LogP contribution in [0.15, 0.2) is 70.2 Å². The van der Waals surface area contributed by atoms with Crippen LogP contribution in [0.5, 0.6) is 11.5 Å². The summed E-state index contributed by atoms with van der Waals surface area (Å²) in [6.45, 7) is 4.47. The highest BCUT2D eigenvalue weighted by atomic mass is 79.9. The number of carbonyl (C=O) groups is 2. The van der Waals surface area contributed by atoms with Crippen molar-refractivity contribution in [1.29, 1.82) is 0 Å². The van der Waals surface area contributed by atoms with E-state index in [4.69, 9.17) is 21.1 Å². The maximum atomic E-state index is 12.1. The number of hydrogen-bond acceptors (Lipinski definition) is 5. The molecule has 34 heavy (non-hydrogen) atoms. The molecule has 2 N–H and O–H groups in total. The highest BCUT2D eigenvalue weighted by Crippen LogP contribution is 2.29. The van der Waals surface area contributed by atoms with Crippen molar-refractivity contribution in [2.24, 2.45) is 5.10 Å². The quantitative estimate of drug-likeness (QED) is 0.223. The normalized spacial score (nSPS) is 10.7. The van der Waals surface area contributed by atoms with Crippen LogP contribution < -0.4 is 20.2 Å². The first kappa shape index (κ1) is 25.3. The average Bonchev–Trinajstić information content (AvgIpc) is 2.80. The van der Waals surface area contributed by atoms with Crippen molar-refractivity contribution in [3.8, 4) is 11.5 Å². The number of rotatable bonds is 8. The third-order valence-corrected chi connectivity index (χ3v) is 5.30. The summed E-state index contributed by atoms with van der Waals surface area (Å²) in [5.41, 5.74) is 5.17. The van der Waals surface area contributed by atoms with E-state index in [1.54, 1.807) is 36.4 Å². The van der Waals surface area contributed by atoms with Crippen LogP contribution in [0, 0.1) is 6.92 Å². The predicted octanol–water partition coefficient (Wildman–Crippen LogP) is 5.48. The van der Waals surface area contributed by atoms with Crippen LogP contribution in [0.25, 0.3) is 0 Å². The maximum absolute atomic E-state index is 12.1. The molecule has 3 aromatic rings. The molecular weight excluding hydrogens is 522 g/mol. The first-order valence-corrected chi connectivity index (χ1v) is 11.6. The Hall–Kier alpha value is -3.36. The Balaban J connectivity index is 1.60. The molecule has 7 nitrogen and oxygen atoms in total. The molecule has 2 amide bonds. The lowest BCUT2D eigenvalue weighted by Crippen LogP contribution is -2.32. The third-order valence-electron chi connectivity index (χ3n) is 4.57. The first-order valence-electron chi connectivity index (χ1n) is 10.4. The summed E-state index contributed by atoms with van der Waals surface area (Å²) in [4.78, 5) is 24.2. The van der Waals surface area contributed by atoms with Crippen LogP contribution >= 0.6 is 27.5 Å². The fourth-order valence-corrected chi connectivity index (χ4v) is 3.63. The van der Waals surface area contributed by atoms with Gasteiger partial charge < -0.3 is 14.8 Å². The number of ether oxygens (including phenoxy) is 2. The molecule has 0 atom stereocenters. The van der Waals surface area contributed by atoms with Gasteiger partial charge in [-0.15, -0.1) is 0 Å². The monoisotopic (exact) mass is 543 g/mol. The van der Waals surface area contributed by atoms with Crippen LogP contribution in [-0.2, 0) is 16.2 Å². The SMILES string of the molecule is CCOc1cc(C=NNC(=O)C(=O)Nc2ccc(Br)cc2C)ccc1OCc1cccc(Cl)c1. The number of hydrazone groups is 1. The number of carbonyl (C=O) groups excluding carboxylic acids is 2. The molecule has 0 aromatic heterocycles. The molecule has 0 aliphatic carbocycles. The Bertz CT molecular complexity index is 1220. The predicted molar refractivity (Wildman–Crippen MR) is 137 cm³/mol. The summed E-state index contributed by atoms with van der Waals surface area (Å²) in [6, 6.07) is 18.0. The second-order valence-corrected chi connectivity index (χ2v) is 8.52. The number of amides is 2. The smallest absolute Gasteiger partial charge is 0.329 e. The van der Waals surface area contributed by atoms with Crippen LogP contribution in [0.4, 0.5) is 5.69 Å². The van der Waals surface area contributed by atoms with Gasteiger partial charge in [-0.05, 0) is 79.1 Å². The molecule has 0 aliphatic rings. The largest absolute Gasteiger partial charge is 0.490 e. The fourth-order valence-electron chi connectivity index (χ4n) is 2.94. The Kier molecular flexibility index (Phi) is 9.07. The van der Waals surface area contributed by atoms with Gasteiger partial charge in [-0.3, -0.25) is 9.59 Å². The summed E-state index contributed by atoms with van der Waals surface area (Å²) in [7, 11) is 0. The van der Waals surface area contributed by atoms with Crippen LogP contribution in [0.2, 0.25) is 5.02 Å². The molecule has 0 unspecified atom stereocenters. The minimum absolute atomic E-state index is 0.330. The lowest BCUT2D eigenvalue weighted by Gasteiger charge is -2.13. The summed E-state index contributed by atoms with van der Waals surface area (Å²) >= 11 is 9.38. The standard InChI is InChI=1S/C25H23BrClN3O4/c1-3-33-23-13-17(7-10-22(23)34-15-18-5-4-6-20(27)12-18)14-28-30-25(32)24(31)29-21-9-8-19(26)11-16(21)2/h4-14H,3,15H2,1-2H3,(H,29,31)(H,30,32). The molecule has 3 aromatic carbocycles. The second-order valence-electron chi connectivity index (χ2n) is 7.17. The molecule has 176 valence electrons. The molecule has 0 spiro atoms. The van der Waals surface area contributed by atoms with Crippen molar-refractivity contribution in [3.05, 3.63) is 86.8 Å². The van der Waals surface area contributed by atoms with E-state index in [0.717, 1.165) is 15.6 Å². The van der Waals surface area contributed by atoms with E-state index in [0.29, 0.717) is 41.0 Å². The van der Waals surface area contributed by atoms with E-state index in [9.17, 15) is 9.59 Å². The Morgan fingerprint density at radius 3 is 2.59 bits per heavy atom. The topological polar surface area (TPSA) is 89.0 Å². The van der Waals surface area contributed by atoms with Crippen molar-refractivity contribution in [1.82, 2.24) is 5.43 Å². The highest BCUT2D eigenvalue weighted by Gasteiger charge is 2.14. The molecule has 0 saturated heterocycles. The fraction of sp³-hybridized carbons (Fsp3) is 0.160. The maximum Gasteiger partial charge on any atom is 0.329 e. The summed E-state index contributed by atoms with van der Waals surface area (Å²) in [6.07, 6.45) is 1.42. The summed E-state index contributed by atoms with van der Waals surface area (Å²) in [5.74, 6) is -0.608. The third kappa shape index (κ3) is 7.33. The Morgan fingerprint density at radius 2 is 1.85 bits per heavy atom.